The van der Waals surface area contributed by atoms with Crippen LogP contribution in [0.1, 0.15) is 15.9 Å². The van der Waals surface area contributed by atoms with Gasteiger partial charge >= 0.3 is 10.4 Å². The van der Waals surface area contributed by atoms with Crippen LogP contribution in [0.3, 0.4) is 0 Å². The van der Waals surface area contributed by atoms with Crippen LogP contribution >= 0.6 is 22.1 Å². The Balaban J connectivity index is 1.85. The van der Waals surface area contributed by atoms with Gasteiger partial charge in [-0.05, 0) is 61.0 Å². The summed E-state index contributed by atoms with van der Waals surface area (Å²) >= 11 is 1.54. The average molecular weight is 463 g/mol. The van der Waals surface area contributed by atoms with E-state index >= 15 is 0 Å². The third kappa shape index (κ3) is 5.53. The summed E-state index contributed by atoms with van der Waals surface area (Å²) in [6.07, 6.45) is 3.40. The highest BCUT2D eigenvalue weighted by Crippen LogP contribution is 2.51. The molecule has 3 aromatic carbocycles. The van der Waals surface area contributed by atoms with Gasteiger partial charge in [0.2, 0.25) is 0 Å². The van der Waals surface area contributed by atoms with Crippen molar-refractivity contribution in [1.29, 1.82) is 0 Å². The van der Waals surface area contributed by atoms with Gasteiger partial charge in [0.15, 0.2) is 5.78 Å². The van der Waals surface area contributed by atoms with Crippen molar-refractivity contribution in [2.45, 2.75) is 14.7 Å². The quantitative estimate of drug-likeness (QED) is 0.422. The number of carbonyl (C=O) groups is 1. The zero-order chi connectivity index (χ0) is 21.8. The Morgan fingerprint density at radius 3 is 2.07 bits per heavy atom. The predicted molar refractivity (Wildman–Crippen MR) is 122 cm³/mol. The van der Waals surface area contributed by atoms with Gasteiger partial charge < -0.3 is 0 Å². The van der Waals surface area contributed by atoms with Crippen LogP contribution < -0.4 is 0 Å². The van der Waals surface area contributed by atoms with Crippen LogP contribution in [0.4, 0.5) is 0 Å². The van der Waals surface area contributed by atoms with Gasteiger partial charge in [-0.2, -0.15) is 12.0 Å². The number of hydrogen-bond donors (Lipinski definition) is 0. The van der Waals surface area contributed by atoms with Gasteiger partial charge in [-0.15, -0.1) is 0 Å². The first-order chi connectivity index (χ1) is 14.2. The predicted octanol–water partition coefficient (Wildman–Crippen LogP) is 5.31. The molecule has 158 valence electrons. The van der Waals surface area contributed by atoms with Crippen LogP contribution in [0.25, 0.3) is 0 Å². The van der Waals surface area contributed by atoms with Crippen LogP contribution in [0, 0.1) is 0 Å². The molecule has 0 heterocycles. The molecule has 0 unspecified atom stereocenters. The molecule has 0 saturated heterocycles. The molecule has 0 bridgehead atoms. The van der Waals surface area contributed by atoms with Gasteiger partial charge in [0, 0.05) is 25.8 Å². The van der Waals surface area contributed by atoms with E-state index in [0.29, 0.717) is 16.0 Å². The lowest BCUT2D eigenvalue weighted by Crippen LogP contribution is -2.12. The minimum Gasteiger partial charge on any atom is -0.289 e. The Bertz CT molecular complexity index is 1120. The summed E-state index contributed by atoms with van der Waals surface area (Å²) in [4.78, 5) is 15.8. The number of hydrogen-bond acceptors (Lipinski definition) is 6. The maximum atomic E-state index is 13.1. The maximum absolute atomic E-state index is 13.1. The van der Waals surface area contributed by atoms with Crippen molar-refractivity contribution in [3.05, 3.63) is 90.0 Å². The molecular formula is C22H22O5S3. The highest BCUT2D eigenvalue weighted by atomic mass is 32.3. The standard InChI is InChI=1S/C22H22O5S3/c1-26-30(24,25)27-29(2,3)19-15-13-17(14-16-19)22(23)20-11-7-8-12-21(20)28-18-9-5-4-6-10-18/h4-16H,1-3H3. The van der Waals surface area contributed by atoms with Gasteiger partial charge in [-0.25, -0.2) is 0 Å². The lowest BCUT2D eigenvalue weighted by molar-refractivity contribution is 0.103. The van der Waals surface area contributed by atoms with E-state index in [1.165, 1.54) is 11.8 Å². The monoisotopic (exact) mass is 462 g/mol. The minimum atomic E-state index is -4.06. The molecule has 8 heteroatoms. The van der Waals surface area contributed by atoms with Gasteiger partial charge in [0.05, 0.1) is 7.11 Å². The molecule has 0 aliphatic carbocycles. The fraction of sp³-hybridized carbons (Fsp3) is 0.136. The first-order valence-corrected chi connectivity index (χ1v) is 13.5. The van der Waals surface area contributed by atoms with Gasteiger partial charge in [0.25, 0.3) is 0 Å². The second kappa shape index (κ2) is 9.36. The second-order valence-electron chi connectivity index (χ2n) is 6.64. The van der Waals surface area contributed by atoms with Crippen molar-refractivity contribution in [3.63, 3.8) is 0 Å². The van der Waals surface area contributed by atoms with E-state index in [1.54, 1.807) is 36.8 Å². The maximum Gasteiger partial charge on any atom is 0.409 e. The molecule has 0 radical (unpaired) electrons. The van der Waals surface area contributed by atoms with Crippen LogP contribution in [-0.4, -0.2) is 33.8 Å². The summed E-state index contributed by atoms with van der Waals surface area (Å²) in [6, 6.07) is 24.2. The lowest BCUT2D eigenvalue weighted by atomic mass is 10.0. The Labute approximate surface area is 183 Å². The summed E-state index contributed by atoms with van der Waals surface area (Å²) in [5.41, 5.74) is 1.13. The molecule has 0 aliphatic heterocycles. The largest absolute Gasteiger partial charge is 0.409 e. The van der Waals surface area contributed by atoms with Crippen molar-refractivity contribution in [2.24, 2.45) is 0 Å². The third-order valence-electron chi connectivity index (χ3n) is 4.24. The molecule has 0 spiro atoms. The molecule has 3 aromatic rings. The topological polar surface area (TPSA) is 69.7 Å². The highest BCUT2D eigenvalue weighted by molar-refractivity contribution is 8.31. The summed E-state index contributed by atoms with van der Waals surface area (Å²) in [7, 11) is -5.12. The molecule has 0 amide bonds. The molecule has 0 fully saturated rings. The molecule has 0 saturated carbocycles. The van der Waals surface area contributed by atoms with Gasteiger partial charge in [-0.1, -0.05) is 52.4 Å². The van der Waals surface area contributed by atoms with Crippen molar-refractivity contribution >= 4 is 38.3 Å². The van der Waals surface area contributed by atoms with E-state index in [2.05, 4.69) is 4.18 Å². The van der Waals surface area contributed by atoms with Crippen LogP contribution in [0.15, 0.2) is 93.5 Å². The Hall–Kier alpha value is -2.10. The summed E-state index contributed by atoms with van der Waals surface area (Å²) in [6.45, 7) is 0. The molecule has 30 heavy (non-hydrogen) atoms. The Kier molecular flexibility index (Phi) is 7.05. The fourth-order valence-electron chi connectivity index (χ4n) is 2.72. The first-order valence-electron chi connectivity index (χ1n) is 8.93. The summed E-state index contributed by atoms with van der Waals surface area (Å²) < 4.78 is 32.9. The molecule has 0 aliphatic rings. The van der Waals surface area contributed by atoms with E-state index in [0.717, 1.165) is 16.9 Å². The average Bonchev–Trinajstić information content (AvgIpc) is 2.74. The summed E-state index contributed by atoms with van der Waals surface area (Å²) in [5.74, 6) is -0.0983. The fourth-order valence-corrected chi connectivity index (χ4v) is 6.68. The molecule has 5 nitrogen and oxygen atoms in total. The SMILES string of the molecule is COS(=O)(=O)OS(C)(C)c1ccc(C(=O)c2ccccc2Sc2ccccc2)cc1. The zero-order valence-electron chi connectivity index (χ0n) is 16.8. The number of ketones is 1. The molecule has 0 N–H and O–H groups in total. The molecule has 0 aromatic heterocycles. The van der Waals surface area contributed by atoms with Crippen molar-refractivity contribution in [2.75, 3.05) is 19.6 Å². The normalized spacial score (nSPS) is 12.5. The van der Waals surface area contributed by atoms with Gasteiger partial charge in [0.1, 0.15) is 0 Å². The Morgan fingerprint density at radius 2 is 1.43 bits per heavy atom. The minimum absolute atomic E-state index is 0.0983. The van der Waals surface area contributed by atoms with E-state index in [-0.39, 0.29) is 5.78 Å². The van der Waals surface area contributed by atoms with Crippen LogP contribution in [0.2, 0.25) is 0 Å². The summed E-state index contributed by atoms with van der Waals surface area (Å²) in [5, 5.41) is 0. The lowest BCUT2D eigenvalue weighted by Gasteiger charge is -2.29. The zero-order valence-corrected chi connectivity index (χ0v) is 19.2. The highest BCUT2D eigenvalue weighted by Gasteiger charge is 2.25. The molecule has 3 rings (SSSR count). The van der Waals surface area contributed by atoms with Crippen molar-refractivity contribution in [3.8, 4) is 0 Å². The van der Waals surface area contributed by atoms with E-state index in [1.807, 2.05) is 54.6 Å². The van der Waals surface area contributed by atoms with Gasteiger partial charge in [-0.3, -0.25) is 8.98 Å². The number of carbonyl (C=O) groups excluding carboxylic acids is 1. The van der Waals surface area contributed by atoms with E-state index < -0.39 is 20.7 Å². The first kappa shape index (κ1) is 22.6. The Morgan fingerprint density at radius 1 is 0.833 bits per heavy atom. The van der Waals surface area contributed by atoms with Crippen molar-refractivity contribution in [1.82, 2.24) is 0 Å². The number of rotatable bonds is 8. The third-order valence-corrected chi connectivity index (χ3v) is 9.17. The number of benzene rings is 3. The van der Waals surface area contributed by atoms with Crippen LogP contribution in [0.5, 0.6) is 0 Å². The van der Waals surface area contributed by atoms with E-state index in [4.69, 9.17) is 3.63 Å². The second-order valence-corrected chi connectivity index (χ2v) is 12.4. The van der Waals surface area contributed by atoms with Crippen molar-refractivity contribution < 1.29 is 21.0 Å². The smallest absolute Gasteiger partial charge is 0.289 e. The van der Waals surface area contributed by atoms with E-state index in [9.17, 15) is 13.2 Å². The molecule has 0 atom stereocenters. The van der Waals surface area contributed by atoms with Crippen LogP contribution in [-0.2, 0) is 18.2 Å². The molecular weight excluding hydrogens is 440 g/mol.